The number of hydrogen-bond donors (Lipinski definition) is 2. The maximum atomic E-state index is 5.53. The number of aromatic nitrogens is 1. The molecule has 0 bridgehead atoms. The molecule has 2 heterocycles. The molecular weight excluding hydrogens is 318 g/mol. The van der Waals surface area contributed by atoms with Crippen LogP contribution in [-0.2, 0) is 6.54 Å². The van der Waals surface area contributed by atoms with Gasteiger partial charge in [-0.3, -0.25) is 0 Å². The van der Waals surface area contributed by atoms with Crippen LogP contribution in [0.4, 0.5) is 5.82 Å². The van der Waals surface area contributed by atoms with Crippen LogP contribution in [0, 0.1) is 0 Å². The van der Waals surface area contributed by atoms with Crippen molar-refractivity contribution < 1.29 is 0 Å². The monoisotopic (exact) mass is 327 g/mol. The van der Waals surface area contributed by atoms with E-state index >= 15 is 0 Å². The summed E-state index contributed by atoms with van der Waals surface area (Å²) in [6.07, 6.45) is 0. The second-order valence-electron chi connectivity index (χ2n) is 3.32. The highest BCUT2D eigenvalue weighted by atomic mass is 79.9. The lowest BCUT2D eigenvalue weighted by Gasteiger charge is -2.06. The summed E-state index contributed by atoms with van der Waals surface area (Å²) in [7, 11) is 0. The van der Waals surface area contributed by atoms with Crippen LogP contribution in [0.15, 0.2) is 34.1 Å². The van der Waals surface area contributed by atoms with E-state index in [1.807, 2.05) is 23.6 Å². The van der Waals surface area contributed by atoms with Crippen molar-refractivity contribution in [2.45, 2.75) is 6.54 Å². The first kappa shape index (κ1) is 12.5. The summed E-state index contributed by atoms with van der Waals surface area (Å²) in [5.74, 6) is 0.774. The van der Waals surface area contributed by atoms with Crippen LogP contribution in [0.1, 0.15) is 10.6 Å². The van der Waals surface area contributed by atoms with Gasteiger partial charge in [0, 0.05) is 9.35 Å². The van der Waals surface area contributed by atoms with Crippen molar-refractivity contribution >= 4 is 50.3 Å². The number of thiophene rings is 1. The smallest absolute Gasteiger partial charge is 0.127 e. The van der Waals surface area contributed by atoms with Crippen LogP contribution in [0.3, 0.4) is 0 Å². The molecule has 0 aliphatic heterocycles. The predicted octanol–water partition coefficient (Wildman–Crippen LogP) is 3.15. The highest BCUT2D eigenvalue weighted by Gasteiger charge is 2.03. The average Bonchev–Trinajstić information content (AvgIpc) is 2.72. The first-order chi connectivity index (χ1) is 8.16. The third-order valence-electron chi connectivity index (χ3n) is 2.12. The lowest BCUT2D eigenvalue weighted by molar-refractivity contribution is 1.13. The summed E-state index contributed by atoms with van der Waals surface area (Å²) in [6.45, 7) is 0.728. The highest BCUT2D eigenvalue weighted by Crippen LogP contribution is 2.23. The topological polar surface area (TPSA) is 50.9 Å². The first-order valence-corrected chi connectivity index (χ1v) is 6.97. The Kier molecular flexibility index (Phi) is 4.09. The van der Waals surface area contributed by atoms with E-state index < -0.39 is 0 Å². The molecule has 2 aromatic rings. The van der Waals surface area contributed by atoms with Gasteiger partial charge in [0.2, 0.25) is 0 Å². The fraction of sp³-hybridized carbons (Fsp3) is 0.0909. The molecule has 2 aromatic heterocycles. The Bertz CT molecular complexity index is 539. The quantitative estimate of drug-likeness (QED) is 0.847. The predicted molar refractivity (Wildman–Crippen MR) is 79.5 cm³/mol. The van der Waals surface area contributed by atoms with Crippen molar-refractivity contribution in [2.24, 2.45) is 5.73 Å². The number of nitrogens with two attached hydrogens (primary N) is 1. The van der Waals surface area contributed by atoms with Crippen molar-refractivity contribution in [3.63, 3.8) is 0 Å². The summed E-state index contributed by atoms with van der Waals surface area (Å²) in [4.78, 5) is 5.85. The van der Waals surface area contributed by atoms with Gasteiger partial charge in [0.05, 0.1) is 12.2 Å². The normalized spacial score (nSPS) is 10.2. The van der Waals surface area contributed by atoms with E-state index in [1.54, 1.807) is 17.4 Å². The van der Waals surface area contributed by atoms with Gasteiger partial charge in [-0.15, -0.1) is 11.3 Å². The minimum atomic E-state index is 0.311. The molecule has 6 heteroatoms. The number of anilines is 1. The zero-order valence-corrected chi connectivity index (χ0v) is 12.0. The molecule has 0 fully saturated rings. The Morgan fingerprint density at radius 3 is 2.94 bits per heavy atom. The van der Waals surface area contributed by atoms with Crippen LogP contribution >= 0.6 is 39.5 Å². The van der Waals surface area contributed by atoms with E-state index in [0.29, 0.717) is 10.7 Å². The fourth-order valence-corrected chi connectivity index (χ4v) is 2.84. The van der Waals surface area contributed by atoms with Crippen molar-refractivity contribution in [3.8, 4) is 0 Å². The zero-order valence-electron chi connectivity index (χ0n) is 8.81. The molecule has 0 saturated heterocycles. The molecule has 0 radical (unpaired) electrons. The molecule has 2 rings (SSSR count). The van der Waals surface area contributed by atoms with E-state index in [0.717, 1.165) is 16.8 Å². The molecule has 0 aliphatic carbocycles. The first-order valence-electron chi connectivity index (χ1n) is 4.89. The molecule has 0 aromatic carbocycles. The Balaban J connectivity index is 2.07. The van der Waals surface area contributed by atoms with Crippen molar-refractivity contribution in [1.29, 1.82) is 0 Å². The molecule has 0 unspecified atom stereocenters. The maximum absolute atomic E-state index is 5.53. The van der Waals surface area contributed by atoms with Gasteiger partial charge in [-0.25, -0.2) is 4.98 Å². The number of thiocarbonyl (C=S) groups is 1. The second kappa shape index (κ2) is 5.57. The lowest BCUT2D eigenvalue weighted by atomic mass is 10.3. The molecule has 17 heavy (non-hydrogen) atoms. The van der Waals surface area contributed by atoms with E-state index in [2.05, 4.69) is 26.2 Å². The Hall–Kier alpha value is -0.980. The van der Waals surface area contributed by atoms with Crippen LogP contribution < -0.4 is 11.1 Å². The van der Waals surface area contributed by atoms with Gasteiger partial charge in [0.1, 0.15) is 10.8 Å². The number of rotatable bonds is 4. The number of hydrogen-bond acceptors (Lipinski definition) is 4. The number of halogens is 1. The zero-order chi connectivity index (χ0) is 12.3. The molecule has 0 aliphatic rings. The molecule has 0 atom stereocenters. The number of nitrogens with one attached hydrogen (secondary N) is 1. The van der Waals surface area contributed by atoms with Crippen LogP contribution in [0.2, 0.25) is 0 Å². The van der Waals surface area contributed by atoms with Crippen LogP contribution in [0.5, 0.6) is 0 Å². The standard InChI is InChI=1S/C11H10BrN3S2/c12-7-4-5-17-9(7)6-14-10-3-1-2-8(15-10)11(13)16/h1-5H,6H2,(H2,13,16)(H,14,15). The van der Waals surface area contributed by atoms with Gasteiger partial charge in [-0.2, -0.15) is 0 Å². The van der Waals surface area contributed by atoms with E-state index in [4.69, 9.17) is 18.0 Å². The molecule has 3 nitrogen and oxygen atoms in total. The van der Waals surface area contributed by atoms with E-state index in [-0.39, 0.29) is 0 Å². The number of nitrogens with zero attached hydrogens (tertiary/aromatic N) is 1. The van der Waals surface area contributed by atoms with Gasteiger partial charge < -0.3 is 11.1 Å². The van der Waals surface area contributed by atoms with Gasteiger partial charge in [-0.1, -0.05) is 18.3 Å². The van der Waals surface area contributed by atoms with Gasteiger partial charge >= 0.3 is 0 Å². The van der Waals surface area contributed by atoms with E-state index in [1.165, 1.54) is 4.88 Å². The van der Waals surface area contributed by atoms with Crippen molar-refractivity contribution in [2.75, 3.05) is 5.32 Å². The van der Waals surface area contributed by atoms with Crippen molar-refractivity contribution in [3.05, 3.63) is 44.7 Å². The largest absolute Gasteiger partial charge is 0.388 e. The molecule has 88 valence electrons. The summed E-state index contributed by atoms with van der Waals surface area (Å²) in [5.41, 5.74) is 6.17. The Morgan fingerprint density at radius 2 is 2.29 bits per heavy atom. The third-order valence-corrected chi connectivity index (χ3v) is 4.26. The summed E-state index contributed by atoms with van der Waals surface area (Å²) >= 11 is 10.1. The lowest BCUT2D eigenvalue weighted by Crippen LogP contribution is -2.12. The summed E-state index contributed by atoms with van der Waals surface area (Å²) in [5, 5.41) is 5.28. The molecule has 0 saturated carbocycles. The number of pyridine rings is 1. The van der Waals surface area contributed by atoms with E-state index in [9.17, 15) is 0 Å². The molecular formula is C11H10BrN3S2. The third kappa shape index (κ3) is 3.24. The fourth-order valence-electron chi connectivity index (χ4n) is 1.29. The SMILES string of the molecule is NC(=S)c1cccc(NCc2sccc2Br)n1. The Morgan fingerprint density at radius 1 is 1.47 bits per heavy atom. The van der Waals surface area contributed by atoms with Gasteiger partial charge in [0.25, 0.3) is 0 Å². The second-order valence-corrected chi connectivity index (χ2v) is 5.61. The molecule has 3 N–H and O–H groups in total. The minimum Gasteiger partial charge on any atom is -0.388 e. The maximum Gasteiger partial charge on any atom is 0.127 e. The highest BCUT2D eigenvalue weighted by molar-refractivity contribution is 9.10. The molecule has 0 amide bonds. The summed E-state index contributed by atoms with van der Waals surface area (Å²) < 4.78 is 1.11. The summed E-state index contributed by atoms with van der Waals surface area (Å²) in [6, 6.07) is 7.60. The molecule has 0 spiro atoms. The van der Waals surface area contributed by atoms with Gasteiger partial charge in [-0.05, 0) is 39.5 Å². The Labute approximate surface area is 117 Å². The van der Waals surface area contributed by atoms with Crippen LogP contribution in [-0.4, -0.2) is 9.97 Å². The average molecular weight is 328 g/mol. The van der Waals surface area contributed by atoms with Crippen LogP contribution in [0.25, 0.3) is 0 Å². The minimum absolute atomic E-state index is 0.311. The van der Waals surface area contributed by atoms with Crippen molar-refractivity contribution in [1.82, 2.24) is 4.98 Å². The van der Waals surface area contributed by atoms with Gasteiger partial charge in [0.15, 0.2) is 0 Å².